The normalized spacial score (nSPS) is 32.7. The van der Waals surface area contributed by atoms with Gasteiger partial charge >= 0.3 is 5.97 Å². The van der Waals surface area contributed by atoms with E-state index >= 15 is 0 Å². The Hall–Kier alpha value is -2.00. The minimum atomic E-state index is -1.24. The van der Waals surface area contributed by atoms with E-state index in [0.717, 1.165) is 24.0 Å². The Bertz CT molecular complexity index is 1140. The molecule has 0 aliphatic carbocycles. The molecule has 1 aromatic carbocycles. The lowest BCUT2D eigenvalue weighted by Gasteiger charge is -2.31. The monoisotopic (exact) mass is 617 g/mol. The van der Waals surface area contributed by atoms with Crippen molar-refractivity contribution in [3.63, 3.8) is 0 Å². The van der Waals surface area contributed by atoms with E-state index in [1.54, 1.807) is 26.0 Å². The summed E-state index contributed by atoms with van der Waals surface area (Å²) in [5, 5.41) is 36.9. The number of hydrogen-bond donors (Lipinski definition) is 4. The van der Waals surface area contributed by atoms with E-state index in [1.165, 1.54) is 0 Å². The molecule has 8 heteroatoms. The summed E-state index contributed by atoms with van der Waals surface area (Å²) in [7, 11) is 0. The number of carbonyl (C=O) groups is 1. The van der Waals surface area contributed by atoms with Gasteiger partial charge in [0, 0.05) is 17.5 Å². The van der Waals surface area contributed by atoms with Crippen molar-refractivity contribution in [1.29, 1.82) is 0 Å². The second kappa shape index (κ2) is 15.8. The van der Waals surface area contributed by atoms with Crippen molar-refractivity contribution < 1.29 is 29.6 Å². The summed E-state index contributed by atoms with van der Waals surface area (Å²) in [4.78, 5) is 12.7. The van der Waals surface area contributed by atoms with Gasteiger partial charge in [-0.15, -0.1) is 0 Å². The van der Waals surface area contributed by atoms with Gasteiger partial charge in [-0.1, -0.05) is 81.3 Å². The van der Waals surface area contributed by atoms with Gasteiger partial charge in [0.15, 0.2) is 0 Å². The lowest BCUT2D eigenvalue weighted by Crippen LogP contribution is -2.51. The third kappa shape index (κ3) is 11.1. The van der Waals surface area contributed by atoms with Gasteiger partial charge in [-0.2, -0.15) is 0 Å². The molecule has 0 saturated carbocycles. The molecule has 9 atom stereocenters. The van der Waals surface area contributed by atoms with Crippen LogP contribution in [0, 0.1) is 11.8 Å². The van der Waals surface area contributed by atoms with Crippen molar-refractivity contribution in [2.45, 2.75) is 128 Å². The van der Waals surface area contributed by atoms with Crippen molar-refractivity contribution in [2.75, 3.05) is 0 Å². The SMILES string of the molecule is CCC[C@@H](C)[C@H]1O[C@@H]1C(NCc1cccc(Cl)c1)C(C)(O)/C=C/C=C(\C)[C@H]1OC(=O)C[C@H](O)CC[C@@](C)(O)C/C=C/[C@@H]1C. The lowest BCUT2D eigenvalue weighted by atomic mass is 9.87. The van der Waals surface area contributed by atoms with E-state index in [9.17, 15) is 20.1 Å². The minimum absolute atomic E-state index is 0.0772. The number of allylic oxidation sites excluding steroid dienone is 2. The van der Waals surface area contributed by atoms with Gasteiger partial charge in [0.1, 0.15) is 12.2 Å². The van der Waals surface area contributed by atoms with Crippen LogP contribution < -0.4 is 5.32 Å². The molecule has 2 unspecified atom stereocenters. The summed E-state index contributed by atoms with van der Waals surface area (Å²) in [5.74, 6) is -0.251. The van der Waals surface area contributed by atoms with Crippen molar-refractivity contribution in [3.8, 4) is 0 Å². The molecule has 1 aromatic rings. The first kappa shape index (κ1) is 35.5. The fraction of sp³-hybridized carbons (Fsp3) is 0.629. The summed E-state index contributed by atoms with van der Waals surface area (Å²) in [5.41, 5.74) is -0.378. The molecule has 3 rings (SSSR count). The molecule has 43 heavy (non-hydrogen) atoms. The first-order chi connectivity index (χ1) is 20.2. The first-order valence-electron chi connectivity index (χ1n) is 15.7. The van der Waals surface area contributed by atoms with Gasteiger partial charge in [0.2, 0.25) is 0 Å². The van der Waals surface area contributed by atoms with Crippen LogP contribution in [-0.4, -0.2) is 62.9 Å². The number of carbonyl (C=O) groups excluding carboxylic acids is 1. The van der Waals surface area contributed by atoms with E-state index in [4.69, 9.17) is 21.1 Å². The Balaban J connectivity index is 1.79. The quantitative estimate of drug-likeness (QED) is 0.104. The van der Waals surface area contributed by atoms with Crippen molar-refractivity contribution in [1.82, 2.24) is 5.32 Å². The summed E-state index contributed by atoms with van der Waals surface area (Å²) in [6.45, 7) is 12.3. The van der Waals surface area contributed by atoms with E-state index in [1.807, 2.05) is 56.3 Å². The van der Waals surface area contributed by atoms with E-state index < -0.39 is 29.4 Å². The maximum absolute atomic E-state index is 12.7. The first-order valence-corrected chi connectivity index (χ1v) is 16.1. The smallest absolute Gasteiger partial charge is 0.309 e. The largest absolute Gasteiger partial charge is 0.457 e. The molecule has 7 nitrogen and oxygen atoms in total. The van der Waals surface area contributed by atoms with Crippen LogP contribution in [0.25, 0.3) is 0 Å². The summed E-state index contributed by atoms with van der Waals surface area (Å²) in [6, 6.07) is 7.29. The summed E-state index contributed by atoms with van der Waals surface area (Å²) >= 11 is 6.20. The van der Waals surface area contributed by atoms with Crippen LogP contribution >= 0.6 is 11.6 Å². The third-order valence-corrected chi connectivity index (χ3v) is 8.87. The second-order valence-electron chi connectivity index (χ2n) is 13.1. The van der Waals surface area contributed by atoms with Crippen LogP contribution in [0.4, 0.5) is 0 Å². The number of benzene rings is 1. The van der Waals surface area contributed by atoms with Gasteiger partial charge in [-0.25, -0.2) is 0 Å². The van der Waals surface area contributed by atoms with Crippen molar-refractivity contribution in [2.24, 2.45) is 11.8 Å². The number of aliphatic hydroxyl groups is 3. The van der Waals surface area contributed by atoms with Gasteiger partial charge in [-0.3, -0.25) is 4.79 Å². The van der Waals surface area contributed by atoms with Crippen LogP contribution in [0.15, 0.2) is 60.2 Å². The Morgan fingerprint density at radius 2 is 2.07 bits per heavy atom. The molecule has 0 radical (unpaired) electrons. The lowest BCUT2D eigenvalue weighted by molar-refractivity contribution is -0.151. The zero-order valence-electron chi connectivity index (χ0n) is 26.6. The number of nitrogens with one attached hydrogen (secondary N) is 1. The number of aliphatic hydroxyl groups excluding tert-OH is 1. The van der Waals surface area contributed by atoms with Crippen LogP contribution in [-0.2, 0) is 20.8 Å². The molecule has 0 aromatic heterocycles. The topological polar surface area (TPSA) is 112 Å². The Morgan fingerprint density at radius 3 is 2.77 bits per heavy atom. The number of cyclic esters (lactones) is 1. The third-order valence-electron chi connectivity index (χ3n) is 8.63. The number of epoxide rings is 1. The second-order valence-corrected chi connectivity index (χ2v) is 13.5. The Labute approximate surface area is 263 Å². The molecule has 2 aliphatic heterocycles. The van der Waals surface area contributed by atoms with Crippen LogP contribution in [0.2, 0.25) is 5.02 Å². The molecular formula is C35H52ClNO6. The maximum atomic E-state index is 12.7. The fourth-order valence-corrected chi connectivity index (χ4v) is 6.13. The summed E-state index contributed by atoms with van der Waals surface area (Å²) < 4.78 is 12.0. The number of ether oxygens (including phenoxy) is 2. The average Bonchev–Trinajstić information content (AvgIpc) is 3.70. The summed E-state index contributed by atoms with van der Waals surface area (Å²) in [6.07, 6.45) is 11.0. The fourth-order valence-electron chi connectivity index (χ4n) is 5.92. The Kier molecular flexibility index (Phi) is 13.1. The molecule has 2 aliphatic rings. The van der Waals surface area contributed by atoms with Gasteiger partial charge in [0.05, 0.1) is 35.9 Å². The molecular weight excluding hydrogens is 566 g/mol. The van der Waals surface area contributed by atoms with Gasteiger partial charge in [0.25, 0.3) is 0 Å². The molecule has 1 saturated heterocycles. The van der Waals surface area contributed by atoms with Crippen LogP contribution in [0.1, 0.15) is 85.6 Å². The molecule has 0 bridgehead atoms. The zero-order chi connectivity index (χ0) is 31.8. The van der Waals surface area contributed by atoms with E-state index in [0.29, 0.717) is 36.7 Å². The molecule has 2 heterocycles. The predicted molar refractivity (Wildman–Crippen MR) is 172 cm³/mol. The van der Waals surface area contributed by atoms with Crippen molar-refractivity contribution >= 4 is 17.6 Å². The van der Waals surface area contributed by atoms with Gasteiger partial charge in [-0.05, 0) is 75.6 Å². The standard InChI is InChI=1S/C35H52ClNO6/c1-7-11-23(2)31-32(43-31)33(37-22-26-14-8-15-27(36)20-26)35(6,41)18-10-13-25(4)30-24(3)12-9-17-34(5,40)19-16-28(38)21-29(39)42-30/h8-10,12-15,18,20,23-24,28,30-33,37-38,40-41H,7,11,16-17,19,21-22H2,1-6H3/b12-9+,18-10+,25-13+/t23-,24+,28-,30+,31-,32+,33?,34+,35?/m1/s1. The predicted octanol–water partition coefficient (Wildman–Crippen LogP) is 6.05. The average molecular weight is 618 g/mol. The van der Waals surface area contributed by atoms with E-state index in [-0.39, 0.29) is 30.6 Å². The highest BCUT2D eigenvalue weighted by molar-refractivity contribution is 6.30. The molecule has 0 amide bonds. The van der Waals surface area contributed by atoms with Gasteiger partial charge < -0.3 is 30.1 Å². The maximum Gasteiger partial charge on any atom is 0.309 e. The zero-order valence-corrected chi connectivity index (χ0v) is 27.4. The number of hydrogen-bond acceptors (Lipinski definition) is 7. The molecule has 240 valence electrons. The highest BCUT2D eigenvalue weighted by Gasteiger charge is 2.52. The van der Waals surface area contributed by atoms with Crippen molar-refractivity contribution in [3.05, 3.63) is 70.8 Å². The van der Waals surface area contributed by atoms with Crippen LogP contribution in [0.5, 0.6) is 0 Å². The highest BCUT2D eigenvalue weighted by Crippen LogP contribution is 2.38. The van der Waals surface area contributed by atoms with E-state index in [2.05, 4.69) is 19.2 Å². The van der Waals surface area contributed by atoms with Crippen LogP contribution in [0.3, 0.4) is 0 Å². The highest BCUT2D eigenvalue weighted by atomic mass is 35.5. The number of halogens is 1. The molecule has 1 fully saturated rings. The minimum Gasteiger partial charge on any atom is -0.457 e. The molecule has 4 N–H and O–H groups in total. The number of rotatable bonds is 11. The Morgan fingerprint density at radius 1 is 1.33 bits per heavy atom. The number of esters is 1. The molecule has 0 spiro atoms.